The van der Waals surface area contributed by atoms with Crippen molar-refractivity contribution in [3.8, 4) is 0 Å². The highest BCUT2D eigenvalue weighted by molar-refractivity contribution is 5.20. The predicted octanol–water partition coefficient (Wildman–Crippen LogP) is 3.12. The highest BCUT2D eigenvalue weighted by Crippen LogP contribution is 2.62. The topological polar surface area (TPSA) is 6.48 Å². The van der Waals surface area contributed by atoms with E-state index in [4.69, 9.17) is 0 Å². The van der Waals surface area contributed by atoms with Crippen LogP contribution in [0.4, 0.5) is 0 Å². The Hall–Kier alpha value is -0.0800. The molecule has 0 aromatic rings. The molecule has 2 aliphatic heterocycles. The molecule has 4 rings (SSSR count). The number of piperidine rings is 1. The van der Waals surface area contributed by atoms with Crippen LogP contribution in [0.5, 0.6) is 0 Å². The second-order valence-corrected chi connectivity index (χ2v) is 9.21. The Bertz CT molecular complexity index is 385. The number of rotatable bonds is 2. The Morgan fingerprint density at radius 3 is 2.26 bits per heavy atom. The van der Waals surface area contributed by atoms with Gasteiger partial charge in [0.15, 0.2) is 0 Å². The quantitative estimate of drug-likeness (QED) is 0.754. The van der Waals surface area contributed by atoms with Crippen LogP contribution in [0.2, 0.25) is 0 Å². The first-order valence-corrected chi connectivity index (χ1v) is 8.35. The van der Waals surface area contributed by atoms with Gasteiger partial charge in [-0.3, -0.25) is 4.90 Å². The maximum atomic E-state index is 2.81. The van der Waals surface area contributed by atoms with Crippen molar-refractivity contribution in [1.29, 1.82) is 0 Å². The molecule has 2 aliphatic carbocycles. The van der Waals surface area contributed by atoms with Gasteiger partial charge in [0, 0.05) is 42.7 Å². The zero-order chi connectivity index (χ0) is 13.5. The van der Waals surface area contributed by atoms with Gasteiger partial charge in [0.1, 0.15) is 0 Å². The third-order valence-electron chi connectivity index (χ3n) is 6.50. The average Bonchev–Trinajstić information content (AvgIpc) is 2.72. The van der Waals surface area contributed by atoms with Crippen LogP contribution in [-0.2, 0) is 0 Å². The molecule has 2 nitrogen and oxygen atoms in total. The predicted molar refractivity (Wildman–Crippen MR) is 79.2 cm³/mol. The lowest BCUT2D eigenvalue weighted by atomic mass is 9.63. The molecular formula is C17H30N2. The van der Waals surface area contributed by atoms with Crippen LogP contribution in [-0.4, -0.2) is 47.1 Å². The number of hydrogen-bond acceptors (Lipinski definition) is 2. The molecule has 2 heteroatoms. The van der Waals surface area contributed by atoms with Gasteiger partial charge >= 0.3 is 0 Å². The summed E-state index contributed by atoms with van der Waals surface area (Å²) in [6.07, 6.45) is 7.45. The average molecular weight is 262 g/mol. The fraction of sp³-hybridized carbons (Fsp3) is 1.00. The van der Waals surface area contributed by atoms with Crippen LogP contribution < -0.4 is 0 Å². The SMILES string of the molecule is C[C@@H]1C[C@@]2(CN3CC4(CCC4)C3)C[C@H]2N1C(C)(C)C. The summed E-state index contributed by atoms with van der Waals surface area (Å²) >= 11 is 0. The zero-order valence-electron chi connectivity index (χ0n) is 13.2. The molecule has 0 unspecified atom stereocenters. The molecule has 0 aromatic carbocycles. The zero-order valence-corrected chi connectivity index (χ0v) is 13.2. The minimum Gasteiger partial charge on any atom is -0.302 e. The van der Waals surface area contributed by atoms with Gasteiger partial charge in [-0.15, -0.1) is 0 Å². The summed E-state index contributed by atoms with van der Waals surface area (Å²) in [5.41, 5.74) is 1.83. The van der Waals surface area contributed by atoms with Gasteiger partial charge < -0.3 is 4.90 Å². The van der Waals surface area contributed by atoms with Crippen molar-refractivity contribution < 1.29 is 0 Å². The van der Waals surface area contributed by atoms with E-state index in [1.54, 1.807) is 0 Å². The van der Waals surface area contributed by atoms with E-state index in [1.807, 2.05) is 0 Å². The number of likely N-dealkylation sites (tertiary alicyclic amines) is 2. The molecular weight excluding hydrogens is 232 g/mol. The molecule has 2 saturated carbocycles. The minimum atomic E-state index is 0.354. The van der Waals surface area contributed by atoms with Crippen molar-refractivity contribution in [2.45, 2.75) is 77.4 Å². The van der Waals surface area contributed by atoms with Gasteiger partial charge in [-0.2, -0.15) is 0 Å². The monoisotopic (exact) mass is 262 g/mol. The van der Waals surface area contributed by atoms with Gasteiger partial charge in [0.05, 0.1) is 0 Å². The van der Waals surface area contributed by atoms with Crippen molar-refractivity contribution in [1.82, 2.24) is 9.80 Å². The van der Waals surface area contributed by atoms with E-state index < -0.39 is 0 Å². The fourth-order valence-electron chi connectivity index (χ4n) is 5.75. The maximum absolute atomic E-state index is 2.81. The highest BCUT2D eigenvalue weighted by atomic mass is 15.3. The second-order valence-electron chi connectivity index (χ2n) is 9.21. The first kappa shape index (κ1) is 12.6. The molecule has 0 radical (unpaired) electrons. The summed E-state index contributed by atoms with van der Waals surface area (Å²) in [6.45, 7) is 13.9. The number of hydrogen-bond donors (Lipinski definition) is 0. The number of fused-ring (bicyclic) bond motifs is 1. The van der Waals surface area contributed by atoms with Crippen molar-refractivity contribution in [2.24, 2.45) is 10.8 Å². The lowest BCUT2D eigenvalue weighted by molar-refractivity contribution is -0.0689. The van der Waals surface area contributed by atoms with Crippen LogP contribution in [0, 0.1) is 10.8 Å². The molecule has 0 aromatic heterocycles. The van der Waals surface area contributed by atoms with E-state index in [1.165, 1.54) is 51.7 Å². The largest absolute Gasteiger partial charge is 0.302 e. The van der Waals surface area contributed by atoms with Gasteiger partial charge in [0.2, 0.25) is 0 Å². The molecule has 3 atom stereocenters. The van der Waals surface area contributed by atoms with Crippen LogP contribution in [0.15, 0.2) is 0 Å². The first-order valence-electron chi connectivity index (χ1n) is 8.35. The van der Waals surface area contributed by atoms with Crippen molar-refractivity contribution in [3.63, 3.8) is 0 Å². The Morgan fingerprint density at radius 2 is 1.79 bits per heavy atom. The minimum absolute atomic E-state index is 0.354. The third-order valence-corrected chi connectivity index (χ3v) is 6.50. The smallest absolute Gasteiger partial charge is 0.0179 e. The van der Waals surface area contributed by atoms with E-state index in [-0.39, 0.29) is 0 Å². The van der Waals surface area contributed by atoms with Crippen LogP contribution in [0.3, 0.4) is 0 Å². The van der Waals surface area contributed by atoms with Gasteiger partial charge in [0.25, 0.3) is 0 Å². The van der Waals surface area contributed by atoms with Crippen LogP contribution in [0.25, 0.3) is 0 Å². The molecule has 108 valence electrons. The molecule has 0 bridgehead atoms. The maximum Gasteiger partial charge on any atom is 0.0179 e. The van der Waals surface area contributed by atoms with Gasteiger partial charge in [-0.1, -0.05) is 6.42 Å². The van der Waals surface area contributed by atoms with E-state index in [2.05, 4.69) is 37.5 Å². The Balaban J connectivity index is 1.39. The molecule has 2 heterocycles. The highest BCUT2D eigenvalue weighted by Gasteiger charge is 2.66. The van der Waals surface area contributed by atoms with E-state index in [9.17, 15) is 0 Å². The summed E-state index contributed by atoms with van der Waals surface area (Å²) in [5, 5.41) is 0. The Kier molecular flexibility index (Phi) is 2.37. The summed E-state index contributed by atoms with van der Waals surface area (Å²) in [5.74, 6) is 0. The lowest BCUT2D eigenvalue weighted by Gasteiger charge is -2.57. The van der Waals surface area contributed by atoms with Crippen molar-refractivity contribution >= 4 is 0 Å². The molecule has 4 fully saturated rings. The van der Waals surface area contributed by atoms with Gasteiger partial charge in [-0.25, -0.2) is 0 Å². The van der Waals surface area contributed by atoms with Crippen LogP contribution >= 0.6 is 0 Å². The summed E-state index contributed by atoms with van der Waals surface area (Å²) in [4.78, 5) is 5.59. The molecule has 0 amide bonds. The van der Waals surface area contributed by atoms with Crippen molar-refractivity contribution in [2.75, 3.05) is 19.6 Å². The number of nitrogens with zero attached hydrogens (tertiary/aromatic N) is 2. The van der Waals surface area contributed by atoms with Crippen LogP contribution in [0.1, 0.15) is 59.8 Å². The standard InChI is InChI=1S/C17H30N2/c1-13-8-17(9-14(17)19(13)15(2,3)4)12-18-10-16(11-18)6-5-7-16/h13-14H,5-12H2,1-4H3/t13-,14-,17+/m1/s1. The molecule has 2 saturated heterocycles. The Morgan fingerprint density at radius 1 is 1.11 bits per heavy atom. The Labute approximate surface area is 118 Å². The van der Waals surface area contributed by atoms with E-state index in [0.717, 1.165) is 17.5 Å². The van der Waals surface area contributed by atoms with E-state index in [0.29, 0.717) is 11.0 Å². The normalized spacial score (nSPS) is 44.8. The molecule has 4 aliphatic rings. The second kappa shape index (κ2) is 3.57. The summed E-state index contributed by atoms with van der Waals surface area (Å²) in [7, 11) is 0. The fourth-order valence-corrected chi connectivity index (χ4v) is 5.75. The van der Waals surface area contributed by atoms with Gasteiger partial charge in [-0.05, 0) is 58.8 Å². The van der Waals surface area contributed by atoms with E-state index >= 15 is 0 Å². The molecule has 0 N–H and O–H groups in total. The summed E-state index contributed by atoms with van der Waals surface area (Å²) in [6, 6.07) is 1.68. The third kappa shape index (κ3) is 1.75. The molecule has 19 heavy (non-hydrogen) atoms. The summed E-state index contributed by atoms with van der Waals surface area (Å²) < 4.78 is 0. The lowest BCUT2D eigenvalue weighted by Crippen LogP contribution is -2.60. The van der Waals surface area contributed by atoms with Crippen molar-refractivity contribution in [3.05, 3.63) is 0 Å². The molecule has 1 spiro atoms. The first-order chi connectivity index (χ1) is 8.84.